The van der Waals surface area contributed by atoms with E-state index in [2.05, 4.69) is 0 Å². The van der Waals surface area contributed by atoms with Crippen molar-refractivity contribution in [2.75, 3.05) is 13.7 Å². The number of nitrogens with zero attached hydrogens (tertiary/aromatic N) is 3. The smallest absolute Gasteiger partial charge is 0.279 e. The first kappa shape index (κ1) is 24.4. The first-order valence-corrected chi connectivity index (χ1v) is 12.8. The summed E-state index contributed by atoms with van der Waals surface area (Å²) in [4.78, 5) is 42.4. The van der Waals surface area contributed by atoms with Crippen molar-refractivity contribution in [3.8, 4) is 5.75 Å². The molecule has 37 heavy (non-hydrogen) atoms. The number of carbonyl (C=O) groups excluding carboxylic acids is 2. The molecule has 6 rings (SSSR count). The molecule has 0 saturated carbocycles. The SMILES string of the molecule is COc1ccc2c3c4n(c2c1)[C@@H](C=C(C)C)OOC(C)(C)C[C@@H]4N1C(=O)[C@@H]2CCCN2C(=O)[C@]1(O)[C@H]3O. The Morgan fingerprint density at radius 2 is 1.97 bits per heavy atom. The third kappa shape index (κ3) is 3.26. The lowest BCUT2D eigenvalue weighted by Crippen LogP contribution is -2.74. The van der Waals surface area contributed by atoms with Crippen LogP contribution >= 0.6 is 0 Å². The second kappa shape index (κ2) is 8.04. The molecular weight excluding hydrogens is 478 g/mol. The van der Waals surface area contributed by atoms with Crippen LogP contribution in [0.1, 0.15) is 76.6 Å². The van der Waals surface area contributed by atoms with Crippen molar-refractivity contribution in [1.29, 1.82) is 0 Å². The predicted molar refractivity (Wildman–Crippen MR) is 132 cm³/mol. The topological polar surface area (TPSA) is 114 Å². The maximum absolute atomic E-state index is 14.0. The monoisotopic (exact) mass is 511 g/mol. The van der Waals surface area contributed by atoms with Crippen LogP contribution in [0.2, 0.25) is 0 Å². The van der Waals surface area contributed by atoms with Gasteiger partial charge in [0.1, 0.15) is 23.5 Å². The molecule has 0 aliphatic carbocycles. The van der Waals surface area contributed by atoms with Gasteiger partial charge in [0, 0.05) is 30.0 Å². The first-order chi connectivity index (χ1) is 17.5. The van der Waals surface area contributed by atoms with Gasteiger partial charge in [-0.25, -0.2) is 9.78 Å². The second-order valence-electron chi connectivity index (χ2n) is 11.3. The van der Waals surface area contributed by atoms with Crippen molar-refractivity contribution in [3.63, 3.8) is 0 Å². The molecule has 5 heterocycles. The summed E-state index contributed by atoms with van der Waals surface area (Å²) < 4.78 is 7.38. The van der Waals surface area contributed by atoms with Gasteiger partial charge in [0.25, 0.3) is 11.6 Å². The van der Waals surface area contributed by atoms with Crippen molar-refractivity contribution in [1.82, 2.24) is 14.4 Å². The van der Waals surface area contributed by atoms with E-state index in [1.165, 1.54) is 9.80 Å². The molecule has 5 atom stereocenters. The van der Waals surface area contributed by atoms with Crippen molar-refractivity contribution >= 4 is 22.7 Å². The number of hydrogen-bond acceptors (Lipinski definition) is 7. The maximum atomic E-state index is 14.0. The number of fused-ring (bicyclic) bond motifs is 6. The number of methoxy groups -OCH3 is 1. The Morgan fingerprint density at radius 1 is 1.22 bits per heavy atom. The number of carbonyl (C=O) groups is 2. The van der Waals surface area contributed by atoms with Gasteiger partial charge in [-0.05, 0) is 58.7 Å². The summed E-state index contributed by atoms with van der Waals surface area (Å²) in [7, 11) is 1.57. The van der Waals surface area contributed by atoms with Crippen LogP contribution in [0.3, 0.4) is 0 Å². The highest BCUT2D eigenvalue weighted by Crippen LogP contribution is 2.55. The van der Waals surface area contributed by atoms with E-state index in [9.17, 15) is 19.8 Å². The molecule has 2 saturated heterocycles. The number of piperazine rings is 1. The maximum Gasteiger partial charge on any atom is 0.279 e. The fourth-order valence-corrected chi connectivity index (χ4v) is 6.54. The third-order valence-electron chi connectivity index (χ3n) is 8.08. The van der Waals surface area contributed by atoms with Gasteiger partial charge in [0.05, 0.1) is 24.4 Å². The third-order valence-corrected chi connectivity index (χ3v) is 8.08. The van der Waals surface area contributed by atoms with Crippen molar-refractivity contribution in [3.05, 3.63) is 41.1 Å². The highest BCUT2D eigenvalue weighted by atomic mass is 17.2. The highest BCUT2D eigenvalue weighted by Gasteiger charge is 2.66. The number of rotatable bonds is 2. The lowest BCUT2D eigenvalue weighted by atomic mass is 9.79. The summed E-state index contributed by atoms with van der Waals surface area (Å²) >= 11 is 0. The van der Waals surface area contributed by atoms with Gasteiger partial charge in [-0.1, -0.05) is 5.57 Å². The van der Waals surface area contributed by atoms with Crippen LogP contribution < -0.4 is 4.74 Å². The number of aliphatic hydroxyl groups excluding tert-OH is 1. The minimum Gasteiger partial charge on any atom is -0.497 e. The molecule has 0 spiro atoms. The van der Waals surface area contributed by atoms with Gasteiger partial charge in [0.15, 0.2) is 6.23 Å². The quantitative estimate of drug-likeness (QED) is 0.471. The molecule has 2 aromatic rings. The number of aliphatic hydroxyl groups is 2. The normalized spacial score (nSPS) is 32.4. The van der Waals surface area contributed by atoms with E-state index in [1.807, 2.05) is 44.4 Å². The summed E-state index contributed by atoms with van der Waals surface area (Å²) in [5, 5.41) is 24.6. The number of hydrogen-bond donors (Lipinski definition) is 2. The average molecular weight is 512 g/mol. The van der Waals surface area contributed by atoms with Gasteiger partial charge in [-0.15, -0.1) is 0 Å². The molecule has 0 radical (unpaired) electrons. The fourth-order valence-electron chi connectivity index (χ4n) is 6.54. The minimum absolute atomic E-state index is 0.232. The van der Waals surface area contributed by atoms with E-state index in [0.29, 0.717) is 47.3 Å². The molecule has 1 aromatic heterocycles. The Hall–Kier alpha value is -2.92. The van der Waals surface area contributed by atoms with Crippen molar-refractivity contribution < 1.29 is 34.3 Å². The van der Waals surface area contributed by atoms with Crippen LogP contribution in [-0.2, 0) is 19.4 Å². The second-order valence-corrected chi connectivity index (χ2v) is 11.3. The average Bonchev–Trinajstić information content (AvgIpc) is 3.46. The van der Waals surface area contributed by atoms with E-state index in [0.717, 1.165) is 5.57 Å². The zero-order valence-corrected chi connectivity index (χ0v) is 21.7. The standard InChI is InChI=1S/C27H33N3O7/c1-14(2)11-20-29-18-12-15(35-5)8-9-16(18)21-22(29)19(13-26(3,4)37-36-20)30-24(32)17-7-6-10-28(17)25(33)27(30,34)23(21)31/h8-9,11-12,17,19-20,23,31,34H,6-7,10,13H2,1-5H3/t17-,19-,20+,23-,27+/m0/s1. The summed E-state index contributed by atoms with van der Waals surface area (Å²) in [6.45, 7) is 7.95. The number of allylic oxidation sites excluding steroid dienone is 1. The van der Waals surface area contributed by atoms with Crippen LogP contribution in [0.4, 0.5) is 0 Å². The molecular formula is C27H33N3O7. The highest BCUT2D eigenvalue weighted by molar-refractivity contribution is 6.01. The van der Waals surface area contributed by atoms with Gasteiger partial charge in [-0.2, -0.15) is 0 Å². The summed E-state index contributed by atoms with van der Waals surface area (Å²) in [6, 6.07) is 3.99. The Kier molecular flexibility index (Phi) is 5.30. The van der Waals surface area contributed by atoms with Gasteiger partial charge in [-0.3, -0.25) is 14.5 Å². The van der Waals surface area contributed by atoms with E-state index in [-0.39, 0.29) is 12.3 Å². The van der Waals surface area contributed by atoms with Gasteiger partial charge >= 0.3 is 0 Å². The molecule has 4 aliphatic heterocycles. The molecule has 2 amide bonds. The molecule has 10 nitrogen and oxygen atoms in total. The molecule has 2 fully saturated rings. The largest absolute Gasteiger partial charge is 0.497 e. The lowest BCUT2D eigenvalue weighted by molar-refractivity contribution is -0.390. The number of ether oxygens (including phenoxy) is 1. The molecule has 0 unspecified atom stereocenters. The van der Waals surface area contributed by atoms with E-state index < -0.39 is 41.6 Å². The lowest BCUT2D eigenvalue weighted by Gasteiger charge is -2.56. The van der Waals surface area contributed by atoms with Crippen LogP contribution in [0.15, 0.2) is 29.8 Å². The molecule has 4 aliphatic rings. The molecule has 0 bridgehead atoms. The fraction of sp³-hybridized carbons (Fsp3) is 0.556. The van der Waals surface area contributed by atoms with E-state index in [4.69, 9.17) is 14.5 Å². The zero-order chi connectivity index (χ0) is 26.4. The van der Waals surface area contributed by atoms with Crippen LogP contribution in [-0.4, -0.2) is 67.4 Å². The Morgan fingerprint density at radius 3 is 2.68 bits per heavy atom. The predicted octanol–water partition coefficient (Wildman–Crippen LogP) is 2.86. The summed E-state index contributed by atoms with van der Waals surface area (Å²) in [5.41, 5.74) is -0.644. The molecule has 10 heteroatoms. The first-order valence-electron chi connectivity index (χ1n) is 12.8. The molecule has 2 N–H and O–H groups in total. The Balaban J connectivity index is 1.71. The Bertz CT molecular complexity index is 1340. The molecule has 198 valence electrons. The number of amides is 2. The van der Waals surface area contributed by atoms with Gasteiger partial charge < -0.3 is 24.4 Å². The summed E-state index contributed by atoms with van der Waals surface area (Å²) in [5.74, 6) is -0.409. The van der Waals surface area contributed by atoms with Crippen molar-refractivity contribution in [2.45, 2.75) is 82.7 Å². The van der Waals surface area contributed by atoms with Crippen LogP contribution in [0, 0.1) is 0 Å². The summed E-state index contributed by atoms with van der Waals surface area (Å²) in [6.07, 6.45) is 0.922. The van der Waals surface area contributed by atoms with E-state index in [1.54, 1.807) is 19.2 Å². The zero-order valence-electron chi connectivity index (χ0n) is 21.7. The van der Waals surface area contributed by atoms with Crippen molar-refractivity contribution in [2.24, 2.45) is 0 Å². The van der Waals surface area contributed by atoms with E-state index >= 15 is 0 Å². The number of benzene rings is 1. The van der Waals surface area contributed by atoms with Crippen LogP contribution in [0.25, 0.3) is 10.9 Å². The number of aromatic nitrogens is 1. The van der Waals surface area contributed by atoms with Gasteiger partial charge in [0.2, 0.25) is 5.91 Å². The molecule has 1 aromatic carbocycles. The Labute approximate surface area is 214 Å². The minimum atomic E-state index is -2.43. The van der Waals surface area contributed by atoms with Crippen LogP contribution in [0.5, 0.6) is 5.75 Å².